The van der Waals surface area contributed by atoms with Gasteiger partial charge in [0.2, 0.25) is 0 Å². The summed E-state index contributed by atoms with van der Waals surface area (Å²) in [5.74, 6) is 0. The normalized spacial score (nSPS) is 10.4. The number of hydrogen-bond donors (Lipinski definition) is 2. The van der Waals surface area contributed by atoms with Crippen molar-refractivity contribution in [3.63, 3.8) is 0 Å². The Kier molecular flexibility index (Phi) is 4.01. The van der Waals surface area contributed by atoms with Crippen molar-refractivity contribution in [3.05, 3.63) is 35.0 Å². The highest BCUT2D eigenvalue weighted by Gasteiger charge is 2.05. The van der Waals surface area contributed by atoms with Crippen molar-refractivity contribution in [2.75, 3.05) is 31.3 Å². The minimum Gasteiger partial charge on any atom is -0.399 e. The number of ether oxygens (including phenoxy) is 1. The molecule has 0 aliphatic carbocycles. The number of rotatable bonds is 5. The lowest BCUT2D eigenvalue weighted by Gasteiger charge is -2.11. The van der Waals surface area contributed by atoms with Gasteiger partial charge in [0.1, 0.15) is 0 Å². The lowest BCUT2D eigenvalue weighted by Crippen LogP contribution is -2.08. The van der Waals surface area contributed by atoms with Gasteiger partial charge in [-0.1, -0.05) is 0 Å². The quantitative estimate of drug-likeness (QED) is 0.631. The molecular weight excluding hydrogens is 232 g/mol. The van der Waals surface area contributed by atoms with Gasteiger partial charge in [0.15, 0.2) is 0 Å². The molecular formula is C13H16N2OS. The molecule has 3 N–H and O–H groups in total. The minimum absolute atomic E-state index is 0.688. The standard InChI is InChI=1S/C13H16N2OS/c1-16-6-5-15-13-3-2-11(14)8-12(13)10-4-7-17-9-10/h2-4,7-9,15H,5-6,14H2,1H3. The number of methoxy groups -OCH3 is 1. The highest BCUT2D eigenvalue weighted by molar-refractivity contribution is 7.08. The van der Waals surface area contributed by atoms with E-state index < -0.39 is 0 Å². The van der Waals surface area contributed by atoms with Gasteiger partial charge in [0.25, 0.3) is 0 Å². The predicted molar refractivity (Wildman–Crippen MR) is 74.5 cm³/mol. The van der Waals surface area contributed by atoms with E-state index in [2.05, 4.69) is 22.1 Å². The van der Waals surface area contributed by atoms with Crippen LogP contribution in [0.15, 0.2) is 35.0 Å². The van der Waals surface area contributed by atoms with Crippen molar-refractivity contribution in [1.29, 1.82) is 0 Å². The van der Waals surface area contributed by atoms with Gasteiger partial charge in [-0.2, -0.15) is 11.3 Å². The van der Waals surface area contributed by atoms with E-state index in [9.17, 15) is 0 Å². The van der Waals surface area contributed by atoms with Crippen molar-refractivity contribution < 1.29 is 4.74 Å². The van der Waals surface area contributed by atoms with Crippen molar-refractivity contribution in [2.24, 2.45) is 0 Å². The predicted octanol–water partition coefficient (Wildman–Crippen LogP) is 3.06. The fourth-order valence-electron chi connectivity index (χ4n) is 1.66. The van der Waals surface area contributed by atoms with Crippen molar-refractivity contribution in [3.8, 4) is 11.1 Å². The molecule has 1 aromatic heterocycles. The molecule has 0 aliphatic rings. The van der Waals surface area contributed by atoms with Crippen molar-refractivity contribution in [1.82, 2.24) is 0 Å². The van der Waals surface area contributed by atoms with Crippen LogP contribution in [0.2, 0.25) is 0 Å². The molecule has 4 heteroatoms. The molecule has 0 unspecified atom stereocenters. The second kappa shape index (κ2) is 5.70. The summed E-state index contributed by atoms with van der Waals surface area (Å²) in [6.45, 7) is 1.48. The number of benzene rings is 1. The molecule has 0 saturated heterocycles. The molecule has 1 heterocycles. The zero-order valence-electron chi connectivity index (χ0n) is 9.77. The Morgan fingerprint density at radius 2 is 2.24 bits per heavy atom. The van der Waals surface area contributed by atoms with E-state index in [4.69, 9.17) is 10.5 Å². The van der Waals surface area contributed by atoms with Gasteiger partial charge in [-0.3, -0.25) is 0 Å². The van der Waals surface area contributed by atoms with Crippen molar-refractivity contribution >= 4 is 22.7 Å². The van der Waals surface area contributed by atoms with Crippen molar-refractivity contribution in [2.45, 2.75) is 0 Å². The number of anilines is 2. The smallest absolute Gasteiger partial charge is 0.0635 e. The molecule has 0 amide bonds. The second-order valence-electron chi connectivity index (χ2n) is 3.74. The summed E-state index contributed by atoms with van der Waals surface area (Å²) < 4.78 is 5.03. The summed E-state index contributed by atoms with van der Waals surface area (Å²) in [5, 5.41) is 7.54. The van der Waals surface area contributed by atoms with Crippen LogP contribution in [0.3, 0.4) is 0 Å². The molecule has 0 spiro atoms. The molecule has 0 aliphatic heterocycles. The monoisotopic (exact) mass is 248 g/mol. The fourth-order valence-corrected chi connectivity index (χ4v) is 2.32. The molecule has 0 fully saturated rings. The number of nitrogen functional groups attached to an aromatic ring is 1. The molecule has 0 saturated carbocycles. The van der Waals surface area contributed by atoms with Crippen LogP contribution in [-0.2, 0) is 4.74 Å². The first kappa shape index (κ1) is 12.0. The molecule has 1 aromatic carbocycles. The SMILES string of the molecule is COCCNc1ccc(N)cc1-c1ccsc1. The summed E-state index contributed by atoms with van der Waals surface area (Å²) in [5.41, 5.74) is 10.1. The molecule has 90 valence electrons. The highest BCUT2D eigenvalue weighted by Crippen LogP contribution is 2.31. The van der Waals surface area contributed by atoms with E-state index >= 15 is 0 Å². The third-order valence-corrected chi connectivity index (χ3v) is 3.18. The summed E-state index contributed by atoms with van der Waals surface area (Å²) in [7, 11) is 1.70. The Bertz CT molecular complexity index is 468. The zero-order chi connectivity index (χ0) is 12.1. The van der Waals surface area contributed by atoms with Crippen LogP contribution in [0, 0.1) is 0 Å². The minimum atomic E-state index is 0.688. The molecule has 0 bridgehead atoms. The summed E-state index contributed by atoms with van der Waals surface area (Å²) in [6.07, 6.45) is 0. The van der Waals surface area contributed by atoms with Gasteiger partial charge in [-0.05, 0) is 40.6 Å². The number of nitrogens with one attached hydrogen (secondary N) is 1. The Hall–Kier alpha value is -1.52. The highest BCUT2D eigenvalue weighted by atomic mass is 32.1. The van der Waals surface area contributed by atoms with Crippen LogP contribution >= 0.6 is 11.3 Å². The van der Waals surface area contributed by atoms with E-state index in [1.165, 1.54) is 5.56 Å². The first-order valence-corrected chi connectivity index (χ1v) is 6.40. The number of hydrogen-bond acceptors (Lipinski definition) is 4. The first-order valence-electron chi connectivity index (χ1n) is 5.46. The average Bonchev–Trinajstić information content (AvgIpc) is 2.85. The van der Waals surface area contributed by atoms with Crippen LogP contribution in [-0.4, -0.2) is 20.3 Å². The third-order valence-electron chi connectivity index (χ3n) is 2.50. The van der Waals surface area contributed by atoms with E-state index in [1.54, 1.807) is 18.4 Å². The summed E-state index contributed by atoms with van der Waals surface area (Å²) in [4.78, 5) is 0. The van der Waals surface area contributed by atoms with Crippen LogP contribution in [0.1, 0.15) is 0 Å². The van der Waals surface area contributed by atoms with Gasteiger partial charge in [0, 0.05) is 30.6 Å². The summed E-state index contributed by atoms with van der Waals surface area (Å²) in [6, 6.07) is 8.02. The molecule has 0 atom stereocenters. The van der Waals surface area contributed by atoms with Gasteiger partial charge in [-0.15, -0.1) is 0 Å². The van der Waals surface area contributed by atoms with Gasteiger partial charge >= 0.3 is 0 Å². The fraction of sp³-hybridized carbons (Fsp3) is 0.231. The van der Waals surface area contributed by atoms with E-state index in [0.717, 1.165) is 23.5 Å². The number of thiophene rings is 1. The Balaban J connectivity index is 2.25. The second-order valence-corrected chi connectivity index (χ2v) is 4.52. The van der Waals surface area contributed by atoms with Gasteiger partial charge in [0.05, 0.1) is 6.61 Å². The Morgan fingerprint density at radius 3 is 2.94 bits per heavy atom. The maximum absolute atomic E-state index is 5.84. The third kappa shape index (κ3) is 2.99. The Labute approximate surface area is 105 Å². The molecule has 3 nitrogen and oxygen atoms in total. The zero-order valence-corrected chi connectivity index (χ0v) is 10.6. The van der Waals surface area contributed by atoms with Crippen LogP contribution in [0.4, 0.5) is 11.4 Å². The van der Waals surface area contributed by atoms with Gasteiger partial charge < -0.3 is 15.8 Å². The largest absolute Gasteiger partial charge is 0.399 e. The first-order chi connectivity index (χ1) is 8.31. The molecule has 2 rings (SSSR count). The summed E-state index contributed by atoms with van der Waals surface area (Å²) >= 11 is 1.68. The number of nitrogens with two attached hydrogens (primary N) is 1. The molecule has 17 heavy (non-hydrogen) atoms. The van der Waals surface area contributed by atoms with Gasteiger partial charge in [-0.25, -0.2) is 0 Å². The maximum atomic E-state index is 5.84. The maximum Gasteiger partial charge on any atom is 0.0635 e. The van der Waals surface area contributed by atoms with Crippen LogP contribution < -0.4 is 11.1 Å². The molecule has 2 aromatic rings. The molecule has 0 radical (unpaired) electrons. The van der Waals surface area contributed by atoms with E-state index in [0.29, 0.717) is 6.61 Å². The van der Waals surface area contributed by atoms with E-state index in [-0.39, 0.29) is 0 Å². The van der Waals surface area contributed by atoms with Crippen LogP contribution in [0.25, 0.3) is 11.1 Å². The topological polar surface area (TPSA) is 47.3 Å². The van der Waals surface area contributed by atoms with E-state index in [1.807, 2.05) is 18.2 Å². The Morgan fingerprint density at radius 1 is 1.35 bits per heavy atom. The van der Waals surface area contributed by atoms with Crippen LogP contribution in [0.5, 0.6) is 0 Å². The lowest BCUT2D eigenvalue weighted by molar-refractivity contribution is 0.211. The lowest BCUT2D eigenvalue weighted by atomic mass is 10.1. The average molecular weight is 248 g/mol.